The summed E-state index contributed by atoms with van der Waals surface area (Å²) in [7, 11) is 1.69. The van der Waals surface area contributed by atoms with Crippen molar-refractivity contribution in [1.29, 1.82) is 0 Å². The molecule has 0 spiro atoms. The van der Waals surface area contributed by atoms with Crippen LogP contribution in [0, 0.1) is 6.92 Å². The Kier molecular flexibility index (Phi) is 6.61. The number of methoxy groups -OCH3 is 3. The fourth-order valence-electron chi connectivity index (χ4n) is 2.61. The van der Waals surface area contributed by atoms with Gasteiger partial charge in [-0.2, -0.15) is 13.2 Å². The van der Waals surface area contributed by atoms with Crippen LogP contribution in [0.3, 0.4) is 0 Å². The second-order valence-electron chi connectivity index (χ2n) is 6.07. The summed E-state index contributed by atoms with van der Waals surface area (Å²) in [4.78, 5) is 0.181. The van der Waals surface area contributed by atoms with Crippen molar-refractivity contribution in [2.45, 2.75) is 23.6 Å². The van der Waals surface area contributed by atoms with Gasteiger partial charge in [0.1, 0.15) is 0 Å². The van der Waals surface area contributed by atoms with Crippen LogP contribution in [0.1, 0.15) is 11.1 Å². The number of halogens is 3. The minimum absolute atomic E-state index is 0.0550. The zero-order valence-electron chi connectivity index (χ0n) is 15.8. The summed E-state index contributed by atoms with van der Waals surface area (Å²) in [5.41, 5.74) is -3.08. The topological polar surface area (TPSA) is 65.0 Å². The van der Waals surface area contributed by atoms with Crippen LogP contribution in [0.4, 0.5) is 13.2 Å². The maximum atomic E-state index is 13.9. The highest BCUT2D eigenvalue weighted by atomic mass is 32.2. The van der Waals surface area contributed by atoms with Crippen LogP contribution in [0.5, 0.6) is 17.2 Å². The van der Waals surface area contributed by atoms with Gasteiger partial charge >= 0.3 is 6.18 Å². The van der Waals surface area contributed by atoms with Crippen LogP contribution >= 0.6 is 0 Å². The molecule has 2 rings (SSSR count). The molecule has 0 heterocycles. The summed E-state index contributed by atoms with van der Waals surface area (Å²) in [6.07, 6.45) is -5.10. The molecule has 0 aliphatic rings. The molecule has 0 aliphatic carbocycles. The summed E-state index contributed by atoms with van der Waals surface area (Å²) < 4.78 is 69.5. The largest absolute Gasteiger partial charge is 0.493 e. The quantitative estimate of drug-likeness (QED) is 0.745. The van der Waals surface area contributed by atoms with Crippen LogP contribution in [0.25, 0.3) is 0 Å². The molecule has 0 saturated heterocycles. The van der Waals surface area contributed by atoms with E-state index in [4.69, 9.17) is 14.2 Å². The summed E-state index contributed by atoms with van der Waals surface area (Å²) >= 11 is 0. The monoisotopic (exact) mass is 418 g/mol. The first-order valence-electron chi connectivity index (χ1n) is 8.12. The third-order valence-corrected chi connectivity index (χ3v) is 5.71. The van der Waals surface area contributed by atoms with Crippen molar-refractivity contribution in [1.82, 2.24) is 0 Å². The van der Waals surface area contributed by atoms with Crippen molar-refractivity contribution >= 4 is 10.8 Å². The molecular formula is C19H21F3O5S. The highest BCUT2D eigenvalue weighted by molar-refractivity contribution is 7.85. The SMILES string of the molecule is COc1cc(C(O)(CS(=O)c2ccc(C)cc2)C(F)(F)F)cc(OC)c1OC. The molecule has 9 heteroatoms. The Labute approximate surface area is 163 Å². The van der Waals surface area contributed by atoms with Gasteiger partial charge in [0.05, 0.1) is 37.9 Å². The van der Waals surface area contributed by atoms with E-state index in [1.165, 1.54) is 33.5 Å². The lowest BCUT2D eigenvalue weighted by Crippen LogP contribution is -2.46. The molecule has 0 amide bonds. The molecule has 0 bridgehead atoms. The Balaban J connectivity index is 2.56. The molecule has 0 saturated carbocycles. The smallest absolute Gasteiger partial charge is 0.422 e. The number of hydrogen-bond donors (Lipinski definition) is 1. The van der Waals surface area contributed by atoms with Gasteiger partial charge in [0.25, 0.3) is 0 Å². The van der Waals surface area contributed by atoms with E-state index in [1.54, 1.807) is 19.1 Å². The Morgan fingerprint density at radius 3 is 1.86 bits per heavy atom. The van der Waals surface area contributed by atoms with Crippen molar-refractivity contribution in [3.63, 3.8) is 0 Å². The maximum Gasteiger partial charge on any atom is 0.422 e. The van der Waals surface area contributed by atoms with Crippen molar-refractivity contribution < 1.29 is 36.7 Å². The van der Waals surface area contributed by atoms with Gasteiger partial charge in [-0.25, -0.2) is 0 Å². The Bertz CT molecular complexity index is 827. The molecule has 2 aromatic carbocycles. The van der Waals surface area contributed by atoms with Gasteiger partial charge in [-0.15, -0.1) is 0 Å². The van der Waals surface area contributed by atoms with Crippen LogP contribution < -0.4 is 14.2 Å². The van der Waals surface area contributed by atoms with E-state index in [0.29, 0.717) is 0 Å². The molecule has 28 heavy (non-hydrogen) atoms. The highest BCUT2D eigenvalue weighted by Gasteiger charge is 2.56. The van der Waals surface area contributed by atoms with E-state index in [-0.39, 0.29) is 22.1 Å². The summed E-state index contributed by atoms with van der Waals surface area (Å²) in [5.74, 6) is -1.11. The number of benzene rings is 2. The maximum absolute atomic E-state index is 13.9. The minimum atomic E-state index is -5.10. The van der Waals surface area contributed by atoms with Crippen LogP contribution in [0.2, 0.25) is 0 Å². The number of alkyl halides is 3. The van der Waals surface area contributed by atoms with Gasteiger partial charge in [-0.1, -0.05) is 17.7 Å². The van der Waals surface area contributed by atoms with Gasteiger partial charge in [-0.05, 0) is 31.2 Å². The first kappa shape index (κ1) is 22.0. The molecule has 154 valence electrons. The fourth-order valence-corrected chi connectivity index (χ4v) is 3.93. The predicted molar refractivity (Wildman–Crippen MR) is 98.5 cm³/mol. The first-order valence-corrected chi connectivity index (χ1v) is 9.44. The minimum Gasteiger partial charge on any atom is -0.493 e. The normalized spacial score (nSPS) is 14.9. The molecule has 0 aromatic heterocycles. The van der Waals surface area contributed by atoms with Gasteiger partial charge in [-0.3, -0.25) is 4.21 Å². The van der Waals surface area contributed by atoms with Crippen molar-refractivity contribution in [3.05, 3.63) is 47.5 Å². The van der Waals surface area contributed by atoms with Gasteiger partial charge in [0.2, 0.25) is 5.75 Å². The zero-order valence-corrected chi connectivity index (χ0v) is 16.6. The predicted octanol–water partition coefficient (Wildman–Crippen LogP) is 3.58. The molecule has 1 N–H and O–H groups in total. The van der Waals surface area contributed by atoms with Crippen LogP contribution in [-0.4, -0.2) is 42.6 Å². The van der Waals surface area contributed by atoms with Crippen molar-refractivity contribution in [2.24, 2.45) is 0 Å². The average Bonchev–Trinajstić information content (AvgIpc) is 2.66. The number of hydrogen-bond acceptors (Lipinski definition) is 5. The van der Waals surface area contributed by atoms with Crippen LogP contribution in [0.15, 0.2) is 41.3 Å². The average molecular weight is 418 g/mol. The highest BCUT2D eigenvalue weighted by Crippen LogP contribution is 2.46. The molecule has 2 unspecified atom stereocenters. The van der Waals surface area contributed by atoms with Crippen molar-refractivity contribution in [3.8, 4) is 17.2 Å². The molecule has 5 nitrogen and oxygen atoms in total. The Morgan fingerprint density at radius 1 is 0.964 bits per heavy atom. The molecule has 2 atom stereocenters. The molecule has 0 fully saturated rings. The van der Waals surface area contributed by atoms with E-state index in [1.807, 2.05) is 0 Å². The standard InChI is InChI=1S/C19H21F3O5S/c1-12-5-7-14(8-6-12)28(24)11-18(23,19(20,21)22)13-9-15(25-2)17(27-4)16(10-13)26-3/h5-10,23H,11H2,1-4H3. The van der Waals surface area contributed by atoms with E-state index >= 15 is 0 Å². The second-order valence-corrected chi connectivity index (χ2v) is 7.53. The van der Waals surface area contributed by atoms with Gasteiger partial charge in [0, 0.05) is 10.5 Å². The van der Waals surface area contributed by atoms with Crippen LogP contribution in [-0.2, 0) is 16.4 Å². The van der Waals surface area contributed by atoms with E-state index in [0.717, 1.165) is 17.7 Å². The molecule has 2 aromatic rings. The lowest BCUT2D eigenvalue weighted by molar-refractivity contribution is -0.256. The van der Waals surface area contributed by atoms with Gasteiger partial charge < -0.3 is 19.3 Å². The molecular weight excluding hydrogens is 397 g/mol. The summed E-state index contributed by atoms with van der Waals surface area (Å²) in [5, 5.41) is 10.6. The lowest BCUT2D eigenvalue weighted by Gasteiger charge is -2.31. The Morgan fingerprint density at radius 2 is 1.46 bits per heavy atom. The summed E-state index contributed by atoms with van der Waals surface area (Å²) in [6, 6.07) is 8.22. The molecule has 0 radical (unpaired) electrons. The van der Waals surface area contributed by atoms with E-state index in [2.05, 4.69) is 0 Å². The lowest BCUT2D eigenvalue weighted by atomic mass is 9.94. The second kappa shape index (κ2) is 8.40. The van der Waals surface area contributed by atoms with Crippen molar-refractivity contribution in [2.75, 3.05) is 27.1 Å². The number of rotatable bonds is 7. The number of ether oxygens (including phenoxy) is 3. The summed E-state index contributed by atoms with van der Waals surface area (Å²) in [6.45, 7) is 1.80. The zero-order chi connectivity index (χ0) is 21.1. The third kappa shape index (κ3) is 4.25. The fraction of sp³-hybridized carbons (Fsp3) is 0.368. The number of aryl methyl sites for hydroxylation is 1. The molecule has 0 aliphatic heterocycles. The van der Waals surface area contributed by atoms with E-state index < -0.39 is 33.9 Å². The Hall–Kier alpha value is -2.26. The number of aliphatic hydroxyl groups is 1. The first-order chi connectivity index (χ1) is 13.1. The van der Waals surface area contributed by atoms with E-state index in [9.17, 15) is 22.5 Å². The third-order valence-electron chi connectivity index (χ3n) is 4.24. The van der Waals surface area contributed by atoms with Gasteiger partial charge in [0.15, 0.2) is 17.1 Å².